The topological polar surface area (TPSA) is 113 Å². The quantitative estimate of drug-likeness (QED) is 0.411. The predicted octanol–water partition coefficient (Wildman–Crippen LogP) is 4.23. The molecule has 0 saturated carbocycles. The Morgan fingerprint density at radius 3 is 2.85 bits per heavy atom. The summed E-state index contributed by atoms with van der Waals surface area (Å²) in [5.74, 6) is 0.115. The SMILES string of the molecule is Cc1sc2nc(/C(C#N)=C/c3ccc(Cl)c([N+](=O)[O-])c3)[nH]c(=O)c2c1C. The minimum atomic E-state index is -0.602. The number of nitriles is 1. The molecule has 0 fully saturated rings. The van der Waals surface area contributed by atoms with E-state index in [1.54, 1.807) is 6.07 Å². The van der Waals surface area contributed by atoms with Crippen molar-refractivity contribution in [2.75, 3.05) is 0 Å². The lowest BCUT2D eigenvalue weighted by Crippen LogP contribution is -2.10. The van der Waals surface area contributed by atoms with E-state index in [0.717, 1.165) is 10.4 Å². The minimum Gasteiger partial charge on any atom is -0.305 e. The molecule has 0 aliphatic rings. The zero-order valence-electron chi connectivity index (χ0n) is 13.7. The lowest BCUT2D eigenvalue weighted by molar-refractivity contribution is -0.384. The number of halogens is 1. The molecule has 0 unspecified atom stereocenters. The molecule has 2 aromatic heterocycles. The maximum atomic E-state index is 12.4. The zero-order chi connectivity index (χ0) is 19.0. The number of nitrogens with one attached hydrogen (secondary N) is 1. The number of aromatic amines is 1. The van der Waals surface area contributed by atoms with Gasteiger partial charge in [0, 0.05) is 10.9 Å². The summed E-state index contributed by atoms with van der Waals surface area (Å²) in [6.45, 7) is 3.74. The van der Waals surface area contributed by atoms with Crippen LogP contribution in [0.3, 0.4) is 0 Å². The molecular weight excluding hydrogens is 376 g/mol. The zero-order valence-corrected chi connectivity index (χ0v) is 15.2. The van der Waals surface area contributed by atoms with Gasteiger partial charge in [-0.2, -0.15) is 5.26 Å². The number of nitro groups is 1. The van der Waals surface area contributed by atoms with Crippen molar-refractivity contribution in [1.82, 2.24) is 9.97 Å². The number of H-pyrrole nitrogens is 1. The summed E-state index contributed by atoms with van der Waals surface area (Å²) >= 11 is 7.17. The summed E-state index contributed by atoms with van der Waals surface area (Å²) < 4.78 is 0. The van der Waals surface area contributed by atoms with Crippen molar-refractivity contribution in [3.8, 4) is 6.07 Å². The van der Waals surface area contributed by atoms with Crippen LogP contribution in [0.15, 0.2) is 23.0 Å². The Morgan fingerprint density at radius 1 is 1.46 bits per heavy atom. The third-order valence-electron chi connectivity index (χ3n) is 3.89. The first-order chi connectivity index (χ1) is 12.3. The van der Waals surface area contributed by atoms with Gasteiger partial charge in [0.05, 0.1) is 15.9 Å². The normalized spacial score (nSPS) is 11.5. The van der Waals surface area contributed by atoms with E-state index in [9.17, 15) is 20.2 Å². The van der Waals surface area contributed by atoms with Gasteiger partial charge >= 0.3 is 0 Å². The monoisotopic (exact) mass is 386 g/mol. The number of benzene rings is 1. The van der Waals surface area contributed by atoms with Crippen molar-refractivity contribution in [2.45, 2.75) is 13.8 Å². The maximum Gasteiger partial charge on any atom is 0.288 e. The molecule has 0 bridgehead atoms. The smallest absolute Gasteiger partial charge is 0.288 e. The molecule has 2 heterocycles. The molecule has 0 saturated heterocycles. The Balaban J connectivity index is 2.16. The fourth-order valence-electron chi connectivity index (χ4n) is 2.46. The van der Waals surface area contributed by atoms with Crippen LogP contribution in [0.25, 0.3) is 21.9 Å². The first kappa shape index (κ1) is 17.8. The van der Waals surface area contributed by atoms with E-state index in [1.165, 1.54) is 29.5 Å². The fourth-order valence-corrected chi connectivity index (χ4v) is 3.68. The Bertz CT molecular complexity index is 1190. The average molecular weight is 387 g/mol. The molecule has 3 rings (SSSR count). The fraction of sp³-hybridized carbons (Fsp3) is 0.118. The van der Waals surface area contributed by atoms with Gasteiger partial charge in [-0.05, 0) is 37.1 Å². The van der Waals surface area contributed by atoms with Gasteiger partial charge in [-0.15, -0.1) is 11.3 Å². The van der Waals surface area contributed by atoms with E-state index in [0.29, 0.717) is 15.8 Å². The first-order valence-corrected chi connectivity index (χ1v) is 8.57. The van der Waals surface area contributed by atoms with E-state index in [-0.39, 0.29) is 27.7 Å². The minimum absolute atomic E-state index is 0.00291. The molecule has 0 aliphatic carbocycles. The summed E-state index contributed by atoms with van der Waals surface area (Å²) in [6.07, 6.45) is 1.42. The Kier molecular flexibility index (Phi) is 4.59. The number of hydrogen-bond acceptors (Lipinski definition) is 6. The number of thiophene rings is 1. The molecule has 7 nitrogen and oxygen atoms in total. The van der Waals surface area contributed by atoms with Gasteiger partial charge in [0.1, 0.15) is 15.9 Å². The van der Waals surface area contributed by atoms with Crippen LogP contribution < -0.4 is 5.56 Å². The van der Waals surface area contributed by atoms with E-state index >= 15 is 0 Å². The standard InChI is InChI=1S/C17H11ClN4O3S/c1-8-9(2)26-17-14(8)16(23)20-15(21-17)11(7-19)5-10-3-4-12(18)13(6-10)22(24)25/h3-6H,1-2H3,(H,20,21,23)/b11-5+. The predicted molar refractivity (Wildman–Crippen MR) is 101 cm³/mol. The van der Waals surface area contributed by atoms with Crippen LogP contribution in [0.5, 0.6) is 0 Å². The van der Waals surface area contributed by atoms with Gasteiger partial charge in [-0.1, -0.05) is 17.7 Å². The molecule has 1 aromatic carbocycles. The molecule has 9 heteroatoms. The van der Waals surface area contributed by atoms with E-state index in [4.69, 9.17) is 11.6 Å². The third kappa shape index (κ3) is 3.10. The largest absolute Gasteiger partial charge is 0.305 e. The van der Waals surface area contributed by atoms with Gasteiger partial charge in [0.25, 0.3) is 11.2 Å². The van der Waals surface area contributed by atoms with Crippen LogP contribution in [0.2, 0.25) is 5.02 Å². The molecule has 130 valence electrons. The molecule has 26 heavy (non-hydrogen) atoms. The van der Waals surface area contributed by atoms with Crippen LogP contribution in [0, 0.1) is 35.3 Å². The number of nitrogens with zero attached hydrogens (tertiary/aromatic N) is 3. The molecule has 0 aliphatic heterocycles. The Morgan fingerprint density at radius 2 is 2.19 bits per heavy atom. The Labute approximate surface area is 156 Å². The lowest BCUT2D eigenvalue weighted by atomic mass is 10.1. The highest BCUT2D eigenvalue weighted by Gasteiger charge is 2.15. The number of fused-ring (bicyclic) bond motifs is 1. The summed E-state index contributed by atoms with van der Waals surface area (Å²) in [6, 6.07) is 6.16. The Hall–Kier alpha value is -3.02. The molecule has 1 N–H and O–H groups in total. The van der Waals surface area contributed by atoms with E-state index in [1.807, 2.05) is 19.9 Å². The van der Waals surface area contributed by atoms with Crippen molar-refractivity contribution in [3.63, 3.8) is 0 Å². The molecule has 0 atom stereocenters. The van der Waals surface area contributed by atoms with Crippen LogP contribution in [-0.2, 0) is 0 Å². The summed E-state index contributed by atoms with van der Waals surface area (Å²) in [5.41, 5.74) is 0.763. The summed E-state index contributed by atoms with van der Waals surface area (Å²) in [7, 11) is 0. The highest BCUT2D eigenvalue weighted by atomic mass is 35.5. The molecule has 0 amide bonds. The maximum absolute atomic E-state index is 12.4. The van der Waals surface area contributed by atoms with Crippen molar-refractivity contribution < 1.29 is 4.92 Å². The number of nitro benzene ring substituents is 1. The summed E-state index contributed by atoms with van der Waals surface area (Å²) in [5, 5.41) is 21.0. The molecular formula is C17H11ClN4O3S. The number of rotatable bonds is 3. The van der Waals surface area contributed by atoms with Crippen LogP contribution in [0.4, 0.5) is 5.69 Å². The average Bonchev–Trinajstić information content (AvgIpc) is 2.88. The van der Waals surface area contributed by atoms with Crippen molar-refractivity contribution in [3.05, 3.63) is 65.5 Å². The number of aromatic nitrogens is 2. The lowest BCUT2D eigenvalue weighted by Gasteiger charge is -2.01. The number of hydrogen-bond donors (Lipinski definition) is 1. The third-order valence-corrected chi connectivity index (χ3v) is 5.31. The van der Waals surface area contributed by atoms with Gasteiger partial charge < -0.3 is 4.98 Å². The van der Waals surface area contributed by atoms with Gasteiger partial charge in [0.2, 0.25) is 0 Å². The van der Waals surface area contributed by atoms with Crippen LogP contribution in [-0.4, -0.2) is 14.9 Å². The number of aryl methyl sites for hydroxylation is 2. The van der Waals surface area contributed by atoms with Crippen LogP contribution in [0.1, 0.15) is 21.8 Å². The second-order valence-electron chi connectivity index (χ2n) is 5.52. The second kappa shape index (κ2) is 6.71. The summed E-state index contributed by atoms with van der Waals surface area (Å²) in [4.78, 5) is 31.3. The molecule has 3 aromatic rings. The molecule has 0 spiro atoms. The highest BCUT2D eigenvalue weighted by Crippen LogP contribution is 2.28. The van der Waals surface area contributed by atoms with Gasteiger partial charge in [-0.3, -0.25) is 14.9 Å². The van der Waals surface area contributed by atoms with Crippen molar-refractivity contribution in [2.24, 2.45) is 0 Å². The van der Waals surface area contributed by atoms with E-state index < -0.39 is 4.92 Å². The van der Waals surface area contributed by atoms with Crippen LogP contribution >= 0.6 is 22.9 Å². The van der Waals surface area contributed by atoms with Gasteiger partial charge in [-0.25, -0.2) is 4.98 Å². The number of allylic oxidation sites excluding steroid dienone is 1. The second-order valence-corrected chi connectivity index (χ2v) is 7.13. The van der Waals surface area contributed by atoms with Gasteiger partial charge in [0.15, 0.2) is 5.82 Å². The highest BCUT2D eigenvalue weighted by molar-refractivity contribution is 7.18. The van der Waals surface area contributed by atoms with E-state index in [2.05, 4.69) is 9.97 Å². The molecule has 0 radical (unpaired) electrons. The van der Waals surface area contributed by atoms with Crippen molar-refractivity contribution in [1.29, 1.82) is 5.26 Å². The first-order valence-electron chi connectivity index (χ1n) is 7.38. The van der Waals surface area contributed by atoms with Crippen molar-refractivity contribution >= 4 is 50.5 Å².